The van der Waals surface area contributed by atoms with E-state index in [0.29, 0.717) is 30.6 Å². The lowest BCUT2D eigenvalue weighted by Gasteiger charge is -2.36. The van der Waals surface area contributed by atoms with Crippen molar-refractivity contribution in [1.29, 1.82) is 0 Å². The van der Waals surface area contributed by atoms with Crippen LogP contribution in [-0.4, -0.2) is 76.7 Å². The summed E-state index contributed by atoms with van der Waals surface area (Å²) in [7, 11) is 0. The topological polar surface area (TPSA) is 99.0 Å². The molecule has 0 saturated carbocycles. The van der Waals surface area contributed by atoms with Crippen LogP contribution < -0.4 is 11.1 Å². The maximum absolute atomic E-state index is 12.8. The quantitative estimate of drug-likeness (QED) is 0.680. The number of rotatable bonds is 4. The van der Waals surface area contributed by atoms with Gasteiger partial charge in [0.25, 0.3) is 5.91 Å². The number of carbonyl (C=O) groups is 3. The third-order valence-electron chi connectivity index (χ3n) is 7.32. The molecule has 4 aliphatic heterocycles. The van der Waals surface area contributed by atoms with Gasteiger partial charge in [-0.1, -0.05) is 12.1 Å². The molecule has 3 N–H and O–H groups in total. The lowest BCUT2D eigenvalue weighted by atomic mass is 10.0. The number of fused-ring (bicyclic) bond motifs is 1. The van der Waals surface area contributed by atoms with Gasteiger partial charge in [0.2, 0.25) is 11.8 Å². The average molecular weight is 426 g/mol. The maximum atomic E-state index is 12.8. The number of amides is 3. The molecule has 5 rings (SSSR count). The zero-order valence-electron chi connectivity index (χ0n) is 17.9. The maximum Gasteiger partial charge on any atom is 0.255 e. The minimum atomic E-state index is -0.557. The molecule has 166 valence electrons. The summed E-state index contributed by atoms with van der Waals surface area (Å²) in [5, 5.41) is 2.36. The molecule has 8 nitrogen and oxygen atoms in total. The molecule has 3 fully saturated rings. The van der Waals surface area contributed by atoms with Crippen LogP contribution in [0.2, 0.25) is 0 Å². The van der Waals surface area contributed by atoms with Crippen LogP contribution in [0.25, 0.3) is 0 Å². The first-order valence-electron chi connectivity index (χ1n) is 11.5. The Morgan fingerprint density at radius 3 is 2.55 bits per heavy atom. The molecule has 0 bridgehead atoms. The lowest BCUT2D eigenvalue weighted by Crippen LogP contribution is -2.52. The van der Waals surface area contributed by atoms with E-state index in [1.54, 1.807) is 4.90 Å². The highest BCUT2D eigenvalue weighted by molar-refractivity contribution is 6.05. The Morgan fingerprint density at radius 2 is 1.84 bits per heavy atom. The van der Waals surface area contributed by atoms with Gasteiger partial charge in [-0.15, -0.1) is 0 Å². The third-order valence-corrected chi connectivity index (χ3v) is 7.32. The van der Waals surface area contributed by atoms with E-state index in [1.165, 1.54) is 18.4 Å². The van der Waals surface area contributed by atoms with E-state index >= 15 is 0 Å². The standard InChI is InChI=1S/C23H31N5O3/c24-17-5-10-27(14-17)18-6-8-26(9-7-18)12-15-1-2-19-16(11-15)13-28(23(19)31)20-3-4-21(29)25-22(20)30/h1-2,11,17-18,20H,3-10,12-14,24H2,(H,25,29,30)/t17-,20?/m1/s1. The van der Waals surface area contributed by atoms with Gasteiger partial charge in [-0.05, 0) is 56.0 Å². The number of nitrogens with one attached hydrogen (secondary N) is 1. The minimum Gasteiger partial charge on any atom is -0.326 e. The average Bonchev–Trinajstić information content (AvgIpc) is 3.32. The Labute approximate surface area is 182 Å². The molecular formula is C23H31N5O3. The highest BCUT2D eigenvalue weighted by Crippen LogP contribution is 2.29. The highest BCUT2D eigenvalue weighted by atomic mass is 16.2. The SMILES string of the molecule is N[C@@H]1CCN(C2CCN(Cc3ccc4c(c3)CN(C3CCC(=O)NC3=O)C4=O)CC2)C1. The van der Waals surface area contributed by atoms with E-state index < -0.39 is 6.04 Å². The number of piperidine rings is 2. The van der Waals surface area contributed by atoms with Gasteiger partial charge in [-0.3, -0.25) is 29.5 Å². The van der Waals surface area contributed by atoms with Crippen LogP contribution in [0.1, 0.15) is 53.6 Å². The summed E-state index contributed by atoms with van der Waals surface area (Å²) in [5.74, 6) is -0.732. The number of imide groups is 1. The molecule has 3 amide bonds. The zero-order chi connectivity index (χ0) is 21.5. The number of benzene rings is 1. The van der Waals surface area contributed by atoms with E-state index in [4.69, 9.17) is 5.73 Å². The summed E-state index contributed by atoms with van der Waals surface area (Å²) in [6.07, 6.45) is 4.15. The predicted octanol–water partition coefficient (Wildman–Crippen LogP) is 0.445. The molecule has 1 aromatic carbocycles. The van der Waals surface area contributed by atoms with Gasteiger partial charge in [0, 0.05) is 50.2 Å². The van der Waals surface area contributed by atoms with Crippen LogP contribution in [0.3, 0.4) is 0 Å². The first-order valence-corrected chi connectivity index (χ1v) is 11.5. The predicted molar refractivity (Wildman–Crippen MR) is 115 cm³/mol. The van der Waals surface area contributed by atoms with E-state index in [2.05, 4.69) is 21.2 Å². The lowest BCUT2D eigenvalue weighted by molar-refractivity contribution is -0.136. The van der Waals surface area contributed by atoms with Crippen LogP contribution in [0.4, 0.5) is 0 Å². The van der Waals surface area contributed by atoms with E-state index in [0.717, 1.165) is 44.7 Å². The van der Waals surface area contributed by atoms with Gasteiger partial charge in [-0.2, -0.15) is 0 Å². The Kier molecular flexibility index (Phi) is 5.54. The zero-order valence-corrected chi connectivity index (χ0v) is 17.9. The van der Waals surface area contributed by atoms with E-state index in [9.17, 15) is 14.4 Å². The smallest absolute Gasteiger partial charge is 0.255 e. The normalized spacial score (nSPS) is 28.3. The molecule has 0 radical (unpaired) electrons. The monoisotopic (exact) mass is 425 g/mol. The van der Waals surface area contributed by atoms with Crippen molar-refractivity contribution in [3.05, 3.63) is 34.9 Å². The number of likely N-dealkylation sites (tertiary alicyclic amines) is 2. The fraction of sp³-hybridized carbons (Fsp3) is 0.609. The number of carbonyl (C=O) groups excluding carboxylic acids is 3. The van der Waals surface area contributed by atoms with E-state index in [1.807, 2.05) is 12.1 Å². The number of nitrogens with zero attached hydrogens (tertiary/aromatic N) is 3. The van der Waals surface area contributed by atoms with Crippen molar-refractivity contribution >= 4 is 17.7 Å². The molecule has 31 heavy (non-hydrogen) atoms. The summed E-state index contributed by atoms with van der Waals surface area (Å²) in [5.41, 5.74) is 8.93. The fourth-order valence-corrected chi connectivity index (χ4v) is 5.57. The second-order valence-corrected chi connectivity index (χ2v) is 9.44. The van der Waals surface area contributed by atoms with Crippen molar-refractivity contribution in [2.45, 2.75) is 63.3 Å². The van der Waals surface area contributed by atoms with Crippen LogP contribution in [0, 0.1) is 0 Å². The molecule has 1 aromatic rings. The van der Waals surface area contributed by atoms with Crippen LogP contribution in [0.5, 0.6) is 0 Å². The molecule has 2 atom stereocenters. The second-order valence-electron chi connectivity index (χ2n) is 9.44. The van der Waals surface area contributed by atoms with E-state index in [-0.39, 0.29) is 24.1 Å². The molecule has 4 heterocycles. The Bertz CT molecular complexity index is 895. The van der Waals surface area contributed by atoms with Gasteiger partial charge in [0.05, 0.1) is 0 Å². The molecule has 0 aliphatic carbocycles. The molecule has 8 heteroatoms. The molecule has 3 saturated heterocycles. The molecular weight excluding hydrogens is 394 g/mol. The summed E-state index contributed by atoms with van der Waals surface area (Å²) >= 11 is 0. The molecule has 1 unspecified atom stereocenters. The summed E-state index contributed by atoms with van der Waals surface area (Å²) in [6, 6.07) is 6.49. The summed E-state index contributed by atoms with van der Waals surface area (Å²) in [6.45, 7) is 5.64. The highest BCUT2D eigenvalue weighted by Gasteiger charge is 2.39. The van der Waals surface area contributed by atoms with Gasteiger partial charge in [0.15, 0.2) is 0 Å². The van der Waals surface area contributed by atoms with Gasteiger partial charge >= 0.3 is 0 Å². The first-order chi connectivity index (χ1) is 15.0. The van der Waals surface area contributed by atoms with Crippen LogP contribution >= 0.6 is 0 Å². The molecule has 0 aromatic heterocycles. The Hall–Kier alpha value is -2.29. The molecule has 4 aliphatic rings. The van der Waals surface area contributed by atoms with Crippen LogP contribution in [0.15, 0.2) is 18.2 Å². The van der Waals surface area contributed by atoms with Crippen molar-refractivity contribution in [2.75, 3.05) is 26.2 Å². The van der Waals surface area contributed by atoms with Crippen molar-refractivity contribution < 1.29 is 14.4 Å². The second kappa shape index (κ2) is 8.33. The number of nitrogens with two attached hydrogens (primary N) is 1. The van der Waals surface area contributed by atoms with Gasteiger partial charge in [0.1, 0.15) is 6.04 Å². The van der Waals surface area contributed by atoms with Crippen molar-refractivity contribution in [1.82, 2.24) is 20.0 Å². The van der Waals surface area contributed by atoms with Gasteiger partial charge < -0.3 is 10.6 Å². The molecule has 0 spiro atoms. The van der Waals surface area contributed by atoms with Crippen molar-refractivity contribution in [2.24, 2.45) is 5.73 Å². The Morgan fingerprint density at radius 1 is 1.03 bits per heavy atom. The van der Waals surface area contributed by atoms with Crippen molar-refractivity contribution in [3.8, 4) is 0 Å². The van der Waals surface area contributed by atoms with Gasteiger partial charge in [-0.25, -0.2) is 0 Å². The summed E-state index contributed by atoms with van der Waals surface area (Å²) < 4.78 is 0. The number of hydrogen-bond acceptors (Lipinski definition) is 6. The minimum absolute atomic E-state index is 0.110. The largest absolute Gasteiger partial charge is 0.326 e. The summed E-state index contributed by atoms with van der Waals surface area (Å²) in [4.78, 5) is 43.2. The van der Waals surface area contributed by atoms with Crippen LogP contribution in [-0.2, 0) is 22.7 Å². The first kappa shape index (κ1) is 20.6. The fourth-order valence-electron chi connectivity index (χ4n) is 5.57. The van der Waals surface area contributed by atoms with Crippen molar-refractivity contribution in [3.63, 3.8) is 0 Å². The number of hydrogen-bond donors (Lipinski definition) is 2. The Balaban J connectivity index is 1.19. The third kappa shape index (κ3) is 4.12.